The monoisotopic (exact) mass is 93.0 g/mol. The summed E-state index contributed by atoms with van der Waals surface area (Å²) in [5.41, 5.74) is 0. The van der Waals surface area contributed by atoms with Crippen molar-refractivity contribution >= 4 is 23.1 Å². The molecule has 0 saturated carbocycles. The van der Waals surface area contributed by atoms with E-state index >= 15 is 0 Å². The molecule has 0 heterocycles. The van der Waals surface area contributed by atoms with Gasteiger partial charge in [0.15, 0.2) is 0 Å². The van der Waals surface area contributed by atoms with Crippen LogP contribution in [0.1, 0.15) is 0 Å². The number of hydrogen-bond donors (Lipinski definition) is 0. The molecule has 4 heteroatoms. The van der Waals surface area contributed by atoms with Crippen molar-refractivity contribution in [1.82, 2.24) is 0 Å². The van der Waals surface area contributed by atoms with Gasteiger partial charge in [0.05, 0.1) is 0 Å². The molecular weight excluding hydrogens is 93.3 g/mol. The van der Waals surface area contributed by atoms with E-state index < -0.39 is 0 Å². The predicted octanol–water partition coefficient (Wildman–Crippen LogP) is -9.37. The maximum atomic E-state index is 0. The molecular formula is KLiMgNa+5. The Morgan fingerprint density at radius 3 is 1.00 bits per heavy atom. The Hall–Kier alpha value is 4.00. The van der Waals surface area contributed by atoms with Gasteiger partial charge in [0.2, 0.25) is 0 Å². The molecule has 0 N–H and O–H groups in total. The first-order chi connectivity index (χ1) is 0. The van der Waals surface area contributed by atoms with Crippen molar-refractivity contribution < 1.29 is 99.8 Å². The summed E-state index contributed by atoms with van der Waals surface area (Å²) in [5.74, 6) is 0. The Labute approximate surface area is 119 Å². The van der Waals surface area contributed by atoms with E-state index in [-0.39, 0.29) is 123 Å². The van der Waals surface area contributed by atoms with Gasteiger partial charge < -0.3 is 0 Å². The summed E-state index contributed by atoms with van der Waals surface area (Å²) >= 11 is 0. The number of hydrogen-bond acceptors (Lipinski definition) is 0. The van der Waals surface area contributed by atoms with Crippen molar-refractivity contribution in [3.05, 3.63) is 0 Å². The van der Waals surface area contributed by atoms with Gasteiger partial charge in [-0.05, 0) is 0 Å². The van der Waals surface area contributed by atoms with Crippen molar-refractivity contribution in [3.63, 3.8) is 0 Å². The topological polar surface area (TPSA) is 0 Å². The van der Waals surface area contributed by atoms with Crippen LogP contribution in [0.5, 0.6) is 0 Å². The zero-order chi connectivity index (χ0) is 0. The minimum absolute atomic E-state index is 0. The molecule has 0 rings (SSSR count). The summed E-state index contributed by atoms with van der Waals surface area (Å²) in [6.45, 7) is 0. The van der Waals surface area contributed by atoms with Gasteiger partial charge >= 0.3 is 123 Å². The van der Waals surface area contributed by atoms with Crippen molar-refractivity contribution in [2.24, 2.45) is 0 Å². The average Bonchev–Trinajstić information content (AvgIpc) is 0. The number of rotatable bonds is 0. The molecule has 0 aliphatic carbocycles. The maximum Gasteiger partial charge on any atom is 2.00 e. The minimum atomic E-state index is 0. The van der Waals surface area contributed by atoms with Crippen LogP contribution in [0, 0.1) is 0 Å². The molecule has 0 aromatic carbocycles. The van der Waals surface area contributed by atoms with Crippen molar-refractivity contribution in [2.45, 2.75) is 0 Å². The Morgan fingerprint density at radius 1 is 1.00 bits per heavy atom. The van der Waals surface area contributed by atoms with E-state index in [1.54, 1.807) is 0 Å². The van der Waals surface area contributed by atoms with E-state index in [0.29, 0.717) is 0 Å². The predicted molar refractivity (Wildman–Crippen MR) is 5.75 cm³/mol. The third-order valence-electron chi connectivity index (χ3n) is 0. The second-order valence-electron chi connectivity index (χ2n) is 0. The van der Waals surface area contributed by atoms with Gasteiger partial charge in [-0.15, -0.1) is 0 Å². The summed E-state index contributed by atoms with van der Waals surface area (Å²) < 4.78 is 0. The van der Waals surface area contributed by atoms with Crippen LogP contribution in [-0.4, -0.2) is 23.1 Å². The van der Waals surface area contributed by atoms with Gasteiger partial charge in [-0.25, -0.2) is 0 Å². The van der Waals surface area contributed by atoms with Crippen LogP contribution in [-0.2, 0) is 0 Å². The summed E-state index contributed by atoms with van der Waals surface area (Å²) in [7, 11) is 0. The standard InChI is InChI=1S/K.Li.Mg.Na/q2*+1;+2;+1. The normalized spacial score (nSPS) is 0. The molecule has 4 heavy (non-hydrogen) atoms. The second-order valence-corrected chi connectivity index (χ2v) is 0. The zero-order valence-corrected chi connectivity index (χ0v) is 10.2. The third kappa shape index (κ3) is 9.38. The molecule has 0 unspecified atom stereocenters. The van der Waals surface area contributed by atoms with E-state index in [0.717, 1.165) is 0 Å². The van der Waals surface area contributed by atoms with Crippen molar-refractivity contribution in [1.29, 1.82) is 0 Å². The molecule has 0 bridgehead atoms. The summed E-state index contributed by atoms with van der Waals surface area (Å²) in [6.07, 6.45) is 0. The van der Waals surface area contributed by atoms with Gasteiger partial charge in [0.1, 0.15) is 0 Å². The first kappa shape index (κ1) is 24.5. The molecule has 0 valence electrons. The largest absolute Gasteiger partial charge is 2.00 e. The average molecular weight is 93.3 g/mol. The van der Waals surface area contributed by atoms with E-state index in [1.165, 1.54) is 0 Å². The van der Waals surface area contributed by atoms with Crippen LogP contribution in [0.25, 0.3) is 0 Å². The first-order valence-electron chi connectivity index (χ1n) is 0. The van der Waals surface area contributed by atoms with Crippen molar-refractivity contribution in [2.75, 3.05) is 0 Å². The summed E-state index contributed by atoms with van der Waals surface area (Å²) in [6, 6.07) is 0. The van der Waals surface area contributed by atoms with Gasteiger partial charge in [0.25, 0.3) is 0 Å². The fraction of sp³-hybridized carbons (Fsp3) is 0. The molecule has 0 aromatic heterocycles. The summed E-state index contributed by atoms with van der Waals surface area (Å²) in [5, 5.41) is 0. The smallest absolute Gasteiger partial charge is 1.00 e. The van der Waals surface area contributed by atoms with Gasteiger partial charge in [-0.3, -0.25) is 0 Å². The minimum Gasteiger partial charge on any atom is 1.00 e. The molecule has 0 saturated heterocycles. The summed E-state index contributed by atoms with van der Waals surface area (Å²) in [4.78, 5) is 0. The molecule has 0 amide bonds. The van der Waals surface area contributed by atoms with Gasteiger partial charge in [-0.2, -0.15) is 0 Å². The molecule has 0 spiro atoms. The first-order valence-corrected chi connectivity index (χ1v) is 0. The van der Waals surface area contributed by atoms with Crippen LogP contribution in [0.4, 0.5) is 0 Å². The molecule has 0 aromatic rings. The van der Waals surface area contributed by atoms with Crippen LogP contribution in [0.15, 0.2) is 0 Å². The second kappa shape index (κ2) is 15.8. The zero-order valence-electron chi connectivity index (χ0n) is 3.71. The molecule has 0 aliphatic heterocycles. The molecule has 0 atom stereocenters. The van der Waals surface area contributed by atoms with E-state index in [2.05, 4.69) is 0 Å². The van der Waals surface area contributed by atoms with Crippen LogP contribution >= 0.6 is 0 Å². The van der Waals surface area contributed by atoms with E-state index in [4.69, 9.17) is 0 Å². The molecule has 0 fully saturated rings. The molecule has 0 nitrogen and oxygen atoms in total. The maximum absolute atomic E-state index is 0. The van der Waals surface area contributed by atoms with Crippen LogP contribution < -0.4 is 99.8 Å². The van der Waals surface area contributed by atoms with Gasteiger partial charge in [0, 0.05) is 0 Å². The van der Waals surface area contributed by atoms with Crippen LogP contribution in [0.3, 0.4) is 0 Å². The SMILES string of the molecule is [K+].[Li+].[Mg+2].[Na+]. The quantitative estimate of drug-likeness (QED) is 0.261. The van der Waals surface area contributed by atoms with E-state index in [1.807, 2.05) is 0 Å². The fourth-order valence-corrected chi connectivity index (χ4v) is 0. The van der Waals surface area contributed by atoms with Gasteiger partial charge in [-0.1, -0.05) is 0 Å². The van der Waals surface area contributed by atoms with Crippen LogP contribution in [0.2, 0.25) is 0 Å². The third-order valence-corrected chi connectivity index (χ3v) is 0. The fourth-order valence-electron chi connectivity index (χ4n) is 0. The Bertz CT molecular complexity index is 8.00. The Kier molecular flexibility index (Phi) is 96.5. The molecule has 0 radical (unpaired) electrons. The van der Waals surface area contributed by atoms with E-state index in [9.17, 15) is 0 Å². The Morgan fingerprint density at radius 2 is 1.00 bits per heavy atom. The van der Waals surface area contributed by atoms with Crippen molar-refractivity contribution in [3.8, 4) is 0 Å². The Balaban J connectivity index is 0. The molecule has 0 aliphatic rings.